The van der Waals surface area contributed by atoms with Crippen LogP contribution in [0.4, 0.5) is 5.69 Å². The molecule has 0 unspecified atom stereocenters. The van der Waals surface area contributed by atoms with Crippen LogP contribution in [0.5, 0.6) is 0 Å². The topological polar surface area (TPSA) is 142 Å². The molecule has 0 aliphatic rings. The fourth-order valence-corrected chi connectivity index (χ4v) is 2.74. The number of carbonyl (C=O) groups is 3. The molecule has 26 heavy (non-hydrogen) atoms. The second-order valence-corrected chi connectivity index (χ2v) is 7.94. The Morgan fingerprint density at radius 2 is 1.77 bits per heavy atom. The minimum Gasteiger partial charge on any atom is -0.480 e. The lowest BCUT2D eigenvalue weighted by Gasteiger charge is -2.17. The highest BCUT2D eigenvalue weighted by atomic mass is 32.2. The number of carbonyl (C=O) groups excluding carboxylic acids is 2. The molecule has 0 aromatic heterocycles. The van der Waals surface area contributed by atoms with Crippen LogP contribution in [0.2, 0.25) is 0 Å². The molecule has 2 amide bonds. The number of para-hydroxylation sites is 1. The summed E-state index contributed by atoms with van der Waals surface area (Å²) in [6.07, 6.45) is 1.21. The molecular weight excluding hydrogens is 362 g/mol. The first-order valence-corrected chi connectivity index (χ1v) is 9.76. The fraction of sp³-hybridized carbons (Fsp3) is 0.438. The molecule has 0 spiro atoms. The van der Waals surface area contributed by atoms with Crippen LogP contribution in [0, 0.1) is 5.92 Å². The zero-order valence-electron chi connectivity index (χ0n) is 14.8. The van der Waals surface area contributed by atoms with Gasteiger partial charge >= 0.3 is 5.97 Å². The maximum absolute atomic E-state index is 12.2. The number of aliphatic carboxylic acids is 1. The van der Waals surface area contributed by atoms with Gasteiger partial charge in [0, 0.05) is 0 Å². The van der Waals surface area contributed by atoms with Gasteiger partial charge in [0.1, 0.15) is 6.04 Å². The number of rotatable bonds is 9. The highest BCUT2D eigenvalue weighted by molar-refractivity contribution is 7.92. The first kappa shape index (κ1) is 21.4. The molecule has 0 aliphatic heterocycles. The molecule has 0 fully saturated rings. The van der Waals surface area contributed by atoms with Gasteiger partial charge in [-0.1, -0.05) is 26.0 Å². The summed E-state index contributed by atoms with van der Waals surface area (Å²) in [7, 11) is -3.58. The Bertz CT molecular complexity index is 776. The molecule has 0 bridgehead atoms. The largest absolute Gasteiger partial charge is 0.480 e. The van der Waals surface area contributed by atoms with E-state index in [4.69, 9.17) is 5.11 Å². The van der Waals surface area contributed by atoms with Gasteiger partial charge in [0.25, 0.3) is 5.91 Å². The Kier molecular flexibility index (Phi) is 7.56. The normalized spacial score (nSPS) is 12.3. The van der Waals surface area contributed by atoms with Crippen LogP contribution in [0.3, 0.4) is 0 Å². The Morgan fingerprint density at radius 1 is 1.15 bits per heavy atom. The van der Waals surface area contributed by atoms with Gasteiger partial charge in [-0.15, -0.1) is 0 Å². The summed E-state index contributed by atoms with van der Waals surface area (Å²) in [6, 6.07) is 4.88. The molecule has 10 heteroatoms. The van der Waals surface area contributed by atoms with Gasteiger partial charge in [-0.25, -0.2) is 13.2 Å². The fourth-order valence-electron chi connectivity index (χ4n) is 2.16. The molecule has 0 radical (unpaired) electrons. The van der Waals surface area contributed by atoms with E-state index in [9.17, 15) is 22.8 Å². The molecule has 0 aliphatic carbocycles. The van der Waals surface area contributed by atoms with Crippen LogP contribution in [0.1, 0.15) is 30.6 Å². The minimum absolute atomic E-state index is 0.0442. The molecule has 1 atom stereocenters. The third-order valence-corrected chi connectivity index (χ3v) is 3.81. The highest BCUT2D eigenvalue weighted by Crippen LogP contribution is 2.16. The predicted molar refractivity (Wildman–Crippen MR) is 96.3 cm³/mol. The van der Waals surface area contributed by atoms with E-state index < -0.39 is 40.4 Å². The van der Waals surface area contributed by atoms with Crippen molar-refractivity contribution < 1.29 is 27.9 Å². The second kappa shape index (κ2) is 9.18. The summed E-state index contributed by atoms with van der Waals surface area (Å²) < 4.78 is 24.9. The van der Waals surface area contributed by atoms with E-state index >= 15 is 0 Å². The molecule has 1 aromatic rings. The predicted octanol–water partition coefficient (Wildman–Crippen LogP) is 0.403. The molecule has 0 saturated carbocycles. The number of anilines is 1. The number of sulfonamides is 1. The van der Waals surface area contributed by atoms with Crippen molar-refractivity contribution in [2.45, 2.75) is 26.3 Å². The lowest BCUT2D eigenvalue weighted by Crippen LogP contribution is -2.46. The van der Waals surface area contributed by atoms with Crippen LogP contribution >= 0.6 is 0 Å². The lowest BCUT2D eigenvalue weighted by atomic mass is 10.0. The van der Waals surface area contributed by atoms with Crippen LogP contribution in [-0.2, 0) is 19.6 Å². The Labute approximate surface area is 152 Å². The zero-order valence-corrected chi connectivity index (χ0v) is 15.6. The number of carboxylic acids is 1. The standard InChI is InChI=1S/C16H23N3O6S/c1-10(2)8-13(16(22)23)18-14(20)9-17-15(21)11-6-4-5-7-12(11)19-26(3,24)25/h4-7,10,13,19H,8-9H2,1-3H3,(H,17,21)(H,18,20)(H,22,23)/t13-/m0/s1. The van der Waals surface area contributed by atoms with Gasteiger partial charge in [-0.2, -0.15) is 0 Å². The molecule has 0 saturated heterocycles. The summed E-state index contributed by atoms with van der Waals surface area (Å²) in [6.45, 7) is 3.22. The first-order valence-electron chi connectivity index (χ1n) is 7.86. The molecule has 1 aromatic carbocycles. The van der Waals surface area contributed by atoms with Crippen molar-refractivity contribution in [3.63, 3.8) is 0 Å². The number of benzene rings is 1. The van der Waals surface area contributed by atoms with Crippen molar-refractivity contribution in [1.82, 2.24) is 10.6 Å². The summed E-state index contributed by atoms with van der Waals surface area (Å²) in [5.74, 6) is -2.40. The minimum atomic E-state index is -3.58. The van der Waals surface area contributed by atoms with Crippen molar-refractivity contribution in [2.24, 2.45) is 5.92 Å². The number of amides is 2. The molecular formula is C16H23N3O6S. The first-order chi connectivity index (χ1) is 12.0. The Morgan fingerprint density at radius 3 is 2.31 bits per heavy atom. The lowest BCUT2D eigenvalue weighted by molar-refractivity contribution is -0.142. The van der Waals surface area contributed by atoms with Crippen LogP contribution < -0.4 is 15.4 Å². The number of carboxylic acid groups (broad SMARTS) is 1. The van der Waals surface area contributed by atoms with Crippen molar-refractivity contribution in [2.75, 3.05) is 17.5 Å². The van der Waals surface area contributed by atoms with E-state index in [1.165, 1.54) is 12.1 Å². The van der Waals surface area contributed by atoms with Crippen molar-refractivity contribution in [3.8, 4) is 0 Å². The van der Waals surface area contributed by atoms with E-state index in [1.54, 1.807) is 12.1 Å². The number of hydrogen-bond donors (Lipinski definition) is 4. The van der Waals surface area contributed by atoms with Gasteiger partial charge in [-0.05, 0) is 24.5 Å². The summed E-state index contributed by atoms with van der Waals surface area (Å²) in [5.41, 5.74) is 0.124. The van der Waals surface area contributed by atoms with Crippen LogP contribution in [0.15, 0.2) is 24.3 Å². The number of nitrogens with one attached hydrogen (secondary N) is 3. The van der Waals surface area contributed by atoms with Gasteiger partial charge in [0.05, 0.1) is 24.1 Å². The van der Waals surface area contributed by atoms with Crippen molar-refractivity contribution >= 4 is 33.5 Å². The average molecular weight is 385 g/mol. The zero-order chi connectivity index (χ0) is 19.9. The maximum Gasteiger partial charge on any atom is 0.326 e. The van der Waals surface area contributed by atoms with Gasteiger partial charge in [0.15, 0.2) is 0 Å². The van der Waals surface area contributed by atoms with E-state index in [1.807, 2.05) is 13.8 Å². The average Bonchev–Trinajstić information content (AvgIpc) is 2.50. The van der Waals surface area contributed by atoms with Crippen LogP contribution in [0.25, 0.3) is 0 Å². The molecule has 1 rings (SSSR count). The summed E-state index contributed by atoms with van der Waals surface area (Å²) >= 11 is 0. The smallest absolute Gasteiger partial charge is 0.326 e. The van der Waals surface area contributed by atoms with E-state index in [0.717, 1.165) is 6.26 Å². The molecule has 0 heterocycles. The van der Waals surface area contributed by atoms with E-state index in [2.05, 4.69) is 15.4 Å². The van der Waals surface area contributed by atoms with Crippen molar-refractivity contribution in [3.05, 3.63) is 29.8 Å². The maximum atomic E-state index is 12.2. The quantitative estimate of drug-likeness (QED) is 0.485. The Hall–Kier alpha value is -2.62. The van der Waals surface area contributed by atoms with Gasteiger partial charge in [-0.3, -0.25) is 14.3 Å². The van der Waals surface area contributed by atoms with Gasteiger partial charge in [0.2, 0.25) is 15.9 Å². The molecule has 144 valence electrons. The van der Waals surface area contributed by atoms with Crippen LogP contribution in [-0.4, -0.2) is 50.2 Å². The van der Waals surface area contributed by atoms with Crippen molar-refractivity contribution in [1.29, 1.82) is 0 Å². The summed E-state index contributed by atoms with van der Waals surface area (Å²) in [4.78, 5) is 35.2. The SMILES string of the molecule is CC(C)C[C@H](NC(=O)CNC(=O)c1ccccc1NS(C)(=O)=O)C(=O)O. The number of hydrogen-bond acceptors (Lipinski definition) is 5. The molecule has 9 nitrogen and oxygen atoms in total. The summed E-state index contributed by atoms with van der Waals surface area (Å²) in [5, 5.41) is 13.8. The second-order valence-electron chi connectivity index (χ2n) is 6.19. The van der Waals surface area contributed by atoms with Gasteiger partial charge < -0.3 is 15.7 Å². The third-order valence-electron chi connectivity index (χ3n) is 3.22. The van der Waals surface area contributed by atoms with E-state index in [0.29, 0.717) is 0 Å². The van der Waals surface area contributed by atoms with E-state index in [-0.39, 0.29) is 23.6 Å². The highest BCUT2D eigenvalue weighted by Gasteiger charge is 2.21. The molecule has 4 N–H and O–H groups in total. The third kappa shape index (κ3) is 7.51. The monoisotopic (exact) mass is 385 g/mol. The Balaban J connectivity index is 2.72.